The average Bonchev–Trinajstić information content (AvgIpc) is 2.69. The summed E-state index contributed by atoms with van der Waals surface area (Å²) in [7, 11) is 0. The molecule has 3 aromatic carbocycles. The minimum Gasteiger partial charge on any atom is -0.464 e. The highest BCUT2D eigenvalue weighted by molar-refractivity contribution is 6.11. The van der Waals surface area contributed by atoms with Crippen LogP contribution in [-0.4, -0.2) is 0 Å². The lowest BCUT2D eigenvalue weighted by atomic mass is 9.98. The second kappa shape index (κ2) is 9.45. The fraction of sp³-hybridized carbons (Fsp3) is 0.308. The molecule has 0 aliphatic heterocycles. The maximum absolute atomic E-state index is 6.19. The maximum Gasteiger partial charge on any atom is 0.142 e. The van der Waals surface area contributed by atoms with Gasteiger partial charge in [0.1, 0.15) is 11.5 Å². The first-order valence-electron chi connectivity index (χ1n) is 10.3. The van der Waals surface area contributed by atoms with Crippen molar-refractivity contribution in [3.05, 3.63) is 72.2 Å². The molecule has 0 fully saturated rings. The monoisotopic (exact) mass is 374 g/mol. The quantitative estimate of drug-likeness (QED) is 0.294. The number of benzene rings is 3. The van der Waals surface area contributed by atoms with Crippen molar-refractivity contribution < 1.29 is 9.47 Å². The minimum atomic E-state index is 0.891. The van der Waals surface area contributed by atoms with Crippen LogP contribution in [0, 0.1) is 13.8 Å². The van der Waals surface area contributed by atoms with Crippen LogP contribution in [0.15, 0.2) is 61.1 Å². The average molecular weight is 375 g/mol. The summed E-state index contributed by atoms with van der Waals surface area (Å²) in [5.41, 5.74) is 2.41. The van der Waals surface area contributed by atoms with Crippen LogP contribution >= 0.6 is 0 Å². The van der Waals surface area contributed by atoms with Gasteiger partial charge in [-0.05, 0) is 51.0 Å². The van der Waals surface area contributed by atoms with Crippen molar-refractivity contribution in [1.29, 1.82) is 0 Å². The van der Waals surface area contributed by atoms with Crippen LogP contribution in [0.4, 0.5) is 0 Å². The zero-order valence-electron chi connectivity index (χ0n) is 17.4. The minimum absolute atomic E-state index is 0.891. The van der Waals surface area contributed by atoms with E-state index >= 15 is 0 Å². The molecule has 0 spiro atoms. The third-order valence-corrected chi connectivity index (χ3v) is 4.80. The predicted octanol–water partition coefficient (Wildman–Crippen LogP) is 8.00. The van der Waals surface area contributed by atoms with Crippen LogP contribution in [0.1, 0.15) is 50.7 Å². The van der Waals surface area contributed by atoms with Crippen LogP contribution in [-0.2, 0) is 0 Å². The van der Waals surface area contributed by atoms with Crippen LogP contribution in [0.5, 0.6) is 11.5 Å². The highest BCUT2D eigenvalue weighted by Gasteiger charge is 2.16. The lowest BCUT2D eigenvalue weighted by molar-refractivity contribution is 0.481. The number of hydrogen-bond donors (Lipinski definition) is 0. The van der Waals surface area contributed by atoms with E-state index in [4.69, 9.17) is 9.47 Å². The molecule has 2 heteroatoms. The third kappa shape index (κ3) is 4.39. The summed E-state index contributed by atoms with van der Waals surface area (Å²) in [6.07, 6.45) is 12.0. The molecule has 146 valence electrons. The number of hydrogen-bond acceptors (Lipinski definition) is 2. The van der Waals surface area contributed by atoms with Gasteiger partial charge >= 0.3 is 0 Å². The molecule has 2 nitrogen and oxygen atoms in total. The Morgan fingerprint density at radius 2 is 1.07 bits per heavy atom. The van der Waals surface area contributed by atoms with E-state index in [1.807, 2.05) is 12.5 Å². The highest BCUT2D eigenvalue weighted by atomic mass is 16.5. The third-order valence-electron chi connectivity index (χ3n) is 4.80. The molecule has 0 saturated heterocycles. The molecule has 0 N–H and O–H groups in total. The molecule has 28 heavy (non-hydrogen) atoms. The van der Waals surface area contributed by atoms with Gasteiger partial charge in [-0.3, -0.25) is 0 Å². The number of aryl methyl sites for hydroxylation is 2. The molecule has 0 aromatic heterocycles. The van der Waals surface area contributed by atoms with Gasteiger partial charge in [-0.15, -0.1) is 0 Å². The van der Waals surface area contributed by atoms with Crippen molar-refractivity contribution in [2.75, 3.05) is 0 Å². The van der Waals surface area contributed by atoms with E-state index in [0.717, 1.165) is 58.7 Å². The summed E-state index contributed by atoms with van der Waals surface area (Å²) >= 11 is 0. The largest absolute Gasteiger partial charge is 0.464 e. The maximum atomic E-state index is 6.19. The Kier molecular flexibility index (Phi) is 6.76. The molecule has 0 bridgehead atoms. The van der Waals surface area contributed by atoms with Crippen LogP contribution in [0.2, 0.25) is 0 Å². The molecule has 0 amide bonds. The lowest BCUT2D eigenvalue weighted by Gasteiger charge is -2.16. The summed E-state index contributed by atoms with van der Waals surface area (Å²) in [6.45, 7) is 8.55. The van der Waals surface area contributed by atoms with Gasteiger partial charge in [-0.1, -0.05) is 62.1 Å². The zero-order valence-corrected chi connectivity index (χ0v) is 17.4. The van der Waals surface area contributed by atoms with E-state index < -0.39 is 0 Å². The molecular formula is C26H30O2. The van der Waals surface area contributed by atoms with Gasteiger partial charge in [-0.25, -0.2) is 0 Å². The molecule has 0 heterocycles. The van der Waals surface area contributed by atoms with E-state index in [1.54, 1.807) is 0 Å². The van der Waals surface area contributed by atoms with E-state index in [9.17, 15) is 0 Å². The molecule has 0 unspecified atom stereocenters. The zero-order chi connectivity index (χ0) is 19.9. The van der Waals surface area contributed by atoms with Crippen molar-refractivity contribution >= 4 is 21.5 Å². The van der Waals surface area contributed by atoms with Crippen molar-refractivity contribution in [2.45, 2.75) is 53.4 Å². The number of allylic oxidation sites excluding steroid dienone is 2. The van der Waals surface area contributed by atoms with Gasteiger partial charge in [0.2, 0.25) is 0 Å². The smallest absolute Gasteiger partial charge is 0.142 e. The second-order valence-electron chi connectivity index (χ2n) is 7.31. The van der Waals surface area contributed by atoms with Gasteiger partial charge in [0, 0.05) is 21.5 Å². The summed E-state index contributed by atoms with van der Waals surface area (Å²) in [6, 6.07) is 12.9. The van der Waals surface area contributed by atoms with Crippen LogP contribution in [0.25, 0.3) is 21.5 Å². The van der Waals surface area contributed by atoms with Gasteiger partial charge in [0.25, 0.3) is 0 Å². The Morgan fingerprint density at radius 3 is 1.50 bits per heavy atom. The van der Waals surface area contributed by atoms with Gasteiger partial charge < -0.3 is 9.47 Å². The molecule has 0 radical (unpaired) electrons. The lowest BCUT2D eigenvalue weighted by Crippen LogP contribution is -1.93. The first kappa shape index (κ1) is 20.0. The van der Waals surface area contributed by atoms with Crippen molar-refractivity contribution in [3.63, 3.8) is 0 Å². The highest BCUT2D eigenvalue weighted by Crippen LogP contribution is 2.43. The number of unbranched alkanes of at least 4 members (excludes halogenated alkanes) is 2. The summed E-state index contributed by atoms with van der Waals surface area (Å²) in [5.74, 6) is 1.79. The Morgan fingerprint density at radius 1 is 0.643 bits per heavy atom. The van der Waals surface area contributed by atoms with Crippen LogP contribution in [0.3, 0.4) is 0 Å². The number of fused-ring (bicyclic) bond motifs is 2. The fourth-order valence-electron chi connectivity index (χ4n) is 3.33. The van der Waals surface area contributed by atoms with E-state index in [2.05, 4.69) is 76.2 Å². The van der Waals surface area contributed by atoms with Crippen LogP contribution < -0.4 is 9.47 Å². The topological polar surface area (TPSA) is 18.5 Å². The Bertz CT molecular complexity index is 949. The number of ether oxygens (including phenoxy) is 2. The summed E-state index contributed by atoms with van der Waals surface area (Å²) < 4.78 is 12.3. The van der Waals surface area contributed by atoms with Gasteiger partial charge in [0.05, 0.1) is 12.5 Å². The van der Waals surface area contributed by atoms with Gasteiger partial charge in [0.15, 0.2) is 0 Å². The van der Waals surface area contributed by atoms with Crippen molar-refractivity contribution in [1.82, 2.24) is 0 Å². The van der Waals surface area contributed by atoms with E-state index in [-0.39, 0.29) is 0 Å². The Balaban J connectivity index is 2.24. The molecule has 0 aliphatic rings. The Hall–Kier alpha value is -2.74. The molecule has 0 aliphatic carbocycles. The summed E-state index contributed by atoms with van der Waals surface area (Å²) in [5, 5.41) is 4.31. The second-order valence-corrected chi connectivity index (χ2v) is 7.31. The SMILES string of the molecule is CCC/C=C/Oc1c2ccc(C)cc2c(O/C=C/CCC)c2cc(C)ccc12. The normalized spacial score (nSPS) is 11.9. The van der Waals surface area contributed by atoms with Gasteiger partial charge in [-0.2, -0.15) is 0 Å². The van der Waals surface area contributed by atoms with E-state index in [1.165, 1.54) is 11.1 Å². The summed E-state index contributed by atoms with van der Waals surface area (Å²) in [4.78, 5) is 0. The first-order valence-corrected chi connectivity index (χ1v) is 10.3. The van der Waals surface area contributed by atoms with E-state index in [0.29, 0.717) is 0 Å². The molecule has 0 atom stereocenters. The number of rotatable bonds is 8. The molecule has 0 saturated carbocycles. The molecule has 3 rings (SSSR count). The standard InChI is InChI=1S/C26H30O2/c1-5-7-9-15-27-25-21-13-11-19(3)17-23(21)26(28-16-10-8-6-2)24-18-20(4)12-14-22(24)25/h9-18H,5-8H2,1-4H3/b15-9+,16-10+. The van der Waals surface area contributed by atoms with Crippen molar-refractivity contribution in [2.24, 2.45) is 0 Å². The molecular weight excluding hydrogens is 344 g/mol. The Labute approximate surface area is 168 Å². The first-order chi connectivity index (χ1) is 13.7. The predicted molar refractivity (Wildman–Crippen MR) is 120 cm³/mol. The molecule has 3 aromatic rings. The van der Waals surface area contributed by atoms with Crippen molar-refractivity contribution in [3.8, 4) is 11.5 Å². The fourth-order valence-corrected chi connectivity index (χ4v) is 3.33.